The fraction of sp³-hybridized carbons (Fsp3) is 0.100. The molecule has 1 heterocycles. The minimum Gasteiger partial charge on any atom is -0.361 e. The van der Waals surface area contributed by atoms with Gasteiger partial charge in [0.15, 0.2) is 0 Å². The maximum absolute atomic E-state index is 8.62. The summed E-state index contributed by atoms with van der Waals surface area (Å²) in [6, 6.07) is 7.83. The molecule has 1 aromatic carbocycles. The lowest BCUT2D eigenvalue weighted by Gasteiger charge is -2.00. The zero-order chi connectivity index (χ0) is 9.26. The van der Waals surface area contributed by atoms with E-state index in [0.29, 0.717) is 11.4 Å². The Labute approximate surface area is 80.7 Å². The number of halogens is 1. The molecule has 0 aliphatic rings. The molecule has 0 atom stereocenters. The second-order valence-corrected chi connectivity index (χ2v) is 3.21. The number of benzene rings is 1. The third kappa shape index (κ3) is 1.28. The number of aromatic amines is 1. The van der Waals surface area contributed by atoms with Crippen molar-refractivity contribution in [2.75, 3.05) is 0 Å². The SMILES string of the molecule is N#CCc1c(Cl)ccc2cc[nH]c12. The minimum absolute atomic E-state index is 0.344. The van der Waals surface area contributed by atoms with E-state index < -0.39 is 0 Å². The van der Waals surface area contributed by atoms with Crippen molar-refractivity contribution in [1.82, 2.24) is 4.98 Å². The van der Waals surface area contributed by atoms with Gasteiger partial charge >= 0.3 is 0 Å². The van der Waals surface area contributed by atoms with Gasteiger partial charge in [-0.1, -0.05) is 17.7 Å². The Hall–Kier alpha value is -1.46. The van der Waals surface area contributed by atoms with E-state index in [1.54, 1.807) is 0 Å². The van der Waals surface area contributed by atoms with Crippen LogP contribution in [0.5, 0.6) is 0 Å². The first-order valence-corrected chi connectivity index (χ1v) is 4.32. The molecule has 2 aromatic rings. The second-order valence-electron chi connectivity index (χ2n) is 2.80. The molecule has 0 fully saturated rings. The summed E-state index contributed by atoms with van der Waals surface area (Å²) in [5, 5.41) is 10.4. The number of nitriles is 1. The fourth-order valence-electron chi connectivity index (χ4n) is 1.42. The molecule has 0 amide bonds. The number of nitrogens with one attached hydrogen (secondary N) is 1. The smallest absolute Gasteiger partial charge is 0.0671 e. The molecule has 1 aromatic heterocycles. The quantitative estimate of drug-likeness (QED) is 0.738. The number of hydrogen-bond acceptors (Lipinski definition) is 1. The van der Waals surface area contributed by atoms with E-state index >= 15 is 0 Å². The third-order valence-electron chi connectivity index (χ3n) is 2.03. The van der Waals surface area contributed by atoms with Gasteiger partial charge in [-0.2, -0.15) is 5.26 Å². The Morgan fingerprint density at radius 1 is 1.38 bits per heavy atom. The number of hydrogen-bond donors (Lipinski definition) is 1. The highest BCUT2D eigenvalue weighted by atomic mass is 35.5. The van der Waals surface area contributed by atoms with Crippen LogP contribution >= 0.6 is 11.6 Å². The van der Waals surface area contributed by atoms with Crippen molar-refractivity contribution in [1.29, 1.82) is 5.26 Å². The fourth-order valence-corrected chi connectivity index (χ4v) is 1.64. The molecule has 2 rings (SSSR count). The highest BCUT2D eigenvalue weighted by molar-refractivity contribution is 6.32. The topological polar surface area (TPSA) is 39.6 Å². The van der Waals surface area contributed by atoms with Gasteiger partial charge in [-0.3, -0.25) is 0 Å². The minimum atomic E-state index is 0.344. The van der Waals surface area contributed by atoms with Gasteiger partial charge in [0.25, 0.3) is 0 Å². The van der Waals surface area contributed by atoms with Crippen LogP contribution in [0.4, 0.5) is 0 Å². The highest BCUT2D eigenvalue weighted by Crippen LogP contribution is 2.25. The first-order chi connectivity index (χ1) is 6.33. The molecule has 2 nitrogen and oxygen atoms in total. The Bertz CT molecular complexity index is 479. The average molecular weight is 191 g/mol. The molecule has 0 bridgehead atoms. The molecule has 1 N–H and O–H groups in total. The molecule has 13 heavy (non-hydrogen) atoms. The Balaban J connectivity index is 2.74. The zero-order valence-corrected chi connectivity index (χ0v) is 7.60. The van der Waals surface area contributed by atoms with Gasteiger partial charge in [0.05, 0.1) is 18.0 Å². The van der Waals surface area contributed by atoms with E-state index in [-0.39, 0.29) is 0 Å². The van der Waals surface area contributed by atoms with Crippen molar-refractivity contribution in [2.45, 2.75) is 6.42 Å². The first kappa shape index (κ1) is 8.15. The Morgan fingerprint density at radius 3 is 3.00 bits per heavy atom. The van der Waals surface area contributed by atoms with E-state index in [4.69, 9.17) is 16.9 Å². The Kier molecular flexibility index (Phi) is 1.96. The van der Waals surface area contributed by atoms with Crippen LogP contribution in [0.2, 0.25) is 5.02 Å². The normalized spacial score (nSPS) is 10.2. The van der Waals surface area contributed by atoms with Gasteiger partial charge in [-0.25, -0.2) is 0 Å². The summed E-state index contributed by atoms with van der Waals surface area (Å²) in [6.45, 7) is 0. The second kappa shape index (κ2) is 3.12. The van der Waals surface area contributed by atoms with Crippen LogP contribution < -0.4 is 0 Å². The molecule has 0 saturated heterocycles. The van der Waals surface area contributed by atoms with E-state index in [0.717, 1.165) is 16.5 Å². The summed E-state index contributed by atoms with van der Waals surface area (Å²) < 4.78 is 0. The van der Waals surface area contributed by atoms with Crippen LogP contribution in [0.25, 0.3) is 10.9 Å². The Morgan fingerprint density at radius 2 is 2.23 bits per heavy atom. The van der Waals surface area contributed by atoms with Crippen molar-refractivity contribution >= 4 is 22.5 Å². The molecule has 0 aliphatic carbocycles. The first-order valence-electron chi connectivity index (χ1n) is 3.94. The van der Waals surface area contributed by atoms with Crippen LogP contribution in [0, 0.1) is 11.3 Å². The zero-order valence-electron chi connectivity index (χ0n) is 6.84. The standard InChI is InChI=1S/C10H7ClN2/c11-9-2-1-7-4-6-13-10(7)8(9)3-5-12/h1-2,4,6,13H,3H2. The van der Waals surface area contributed by atoms with Crippen LogP contribution in [0.1, 0.15) is 5.56 Å². The van der Waals surface area contributed by atoms with E-state index in [1.807, 2.05) is 24.4 Å². The lowest BCUT2D eigenvalue weighted by molar-refractivity contribution is 1.27. The van der Waals surface area contributed by atoms with Gasteiger partial charge in [0, 0.05) is 16.8 Å². The molecule has 0 spiro atoms. The van der Waals surface area contributed by atoms with Crippen molar-refractivity contribution < 1.29 is 0 Å². The molecule has 0 aliphatic heterocycles. The summed E-state index contributed by atoms with van der Waals surface area (Å²) >= 11 is 5.97. The van der Waals surface area contributed by atoms with Crippen LogP contribution in [-0.2, 0) is 6.42 Å². The largest absolute Gasteiger partial charge is 0.361 e. The van der Waals surface area contributed by atoms with E-state index in [1.165, 1.54) is 0 Å². The predicted molar refractivity (Wildman–Crippen MR) is 52.6 cm³/mol. The number of aromatic nitrogens is 1. The van der Waals surface area contributed by atoms with Gasteiger partial charge in [0.1, 0.15) is 0 Å². The highest BCUT2D eigenvalue weighted by Gasteiger charge is 2.05. The number of rotatable bonds is 1. The van der Waals surface area contributed by atoms with Crippen LogP contribution in [0.3, 0.4) is 0 Å². The predicted octanol–water partition coefficient (Wildman–Crippen LogP) is 2.89. The van der Waals surface area contributed by atoms with Crippen molar-refractivity contribution in [3.8, 4) is 6.07 Å². The molecule has 64 valence electrons. The maximum atomic E-state index is 8.62. The molecule has 3 heteroatoms. The lowest BCUT2D eigenvalue weighted by atomic mass is 10.1. The van der Waals surface area contributed by atoms with E-state index in [9.17, 15) is 0 Å². The molecule has 0 unspecified atom stereocenters. The average Bonchev–Trinajstić information content (AvgIpc) is 2.58. The van der Waals surface area contributed by atoms with Gasteiger partial charge < -0.3 is 4.98 Å². The van der Waals surface area contributed by atoms with E-state index in [2.05, 4.69) is 11.1 Å². The number of H-pyrrole nitrogens is 1. The van der Waals surface area contributed by atoms with Gasteiger partial charge in [0.2, 0.25) is 0 Å². The third-order valence-corrected chi connectivity index (χ3v) is 2.39. The van der Waals surface area contributed by atoms with Gasteiger partial charge in [-0.05, 0) is 17.5 Å². The molecule has 0 saturated carbocycles. The van der Waals surface area contributed by atoms with Crippen LogP contribution in [-0.4, -0.2) is 4.98 Å². The monoisotopic (exact) mass is 190 g/mol. The molecular weight excluding hydrogens is 184 g/mol. The summed E-state index contributed by atoms with van der Waals surface area (Å²) in [7, 11) is 0. The molecular formula is C10H7ClN2. The maximum Gasteiger partial charge on any atom is 0.0671 e. The summed E-state index contributed by atoms with van der Waals surface area (Å²) in [5.41, 5.74) is 1.85. The lowest BCUT2D eigenvalue weighted by Crippen LogP contribution is -1.85. The number of nitrogens with zero attached hydrogens (tertiary/aromatic N) is 1. The summed E-state index contributed by atoms with van der Waals surface area (Å²) in [4.78, 5) is 3.08. The summed E-state index contributed by atoms with van der Waals surface area (Å²) in [5.74, 6) is 0. The van der Waals surface area contributed by atoms with Crippen molar-refractivity contribution in [2.24, 2.45) is 0 Å². The van der Waals surface area contributed by atoms with Crippen molar-refractivity contribution in [3.05, 3.63) is 35.0 Å². The summed E-state index contributed by atoms with van der Waals surface area (Å²) in [6.07, 6.45) is 2.19. The molecule has 0 radical (unpaired) electrons. The van der Waals surface area contributed by atoms with Gasteiger partial charge in [-0.15, -0.1) is 0 Å². The van der Waals surface area contributed by atoms with Crippen LogP contribution in [0.15, 0.2) is 24.4 Å². The van der Waals surface area contributed by atoms with Crippen molar-refractivity contribution in [3.63, 3.8) is 0 Å². The number of fused-ring (bicyclic) bond motifs is 1.